The van der Waals surface area contributed by atoms with E-state index >= 15 is 0 Å². The van der Waals surface area contributed by atoms with Gasteiger partial charge in [0.1, 0.15) is 6.04 Å². The van der Waals surface area contributed by atoms with E-state index in [9.17, 15) is 4.79 Å². The fourth-order valence-corrected chi connectivity index (χ4v) is 2.92. The zero-order valence-corrected chi connectivity index (χ0v) is 11.2. The van der Waals surface area contributed by atoms with Crippen LogP contribution in [0.15, 0.2) is 24.3 Å². The Bertz CT molecular complexity index is 429. The lowest BCUT2D eigenvalue weighted by molar-refractivity contribution is -0.121. The van der Waals surface area contributed by atoms with Gasteiger partial charge in [-0.05, 0) is 37.6 Å². The van der Waals surface area contributed by atoms with Gasteiger partial charge < -0.3 is 15.5 Å². The van der Waals surface area contributed by atoms with E-state index in [1.165, 1.54) is 31.5 Å². The minimum Gasteiger partial charge on any atom is -0.373 e. The molecule has 1 saturated heterocycles. The molecule has 1 aromatic rings. The molecule has 4 nitrogen and oxygen atoms in total. The maximum Gasteiger partial charge on any atom is 0.242 e. The van der Waals surface area contributed by atoms with E-state index in [0.717, 1.165) is 25.2 Å². The molecule has 0 spiro atoms. The number of para-hydroxylation sites is 1. The molecule has 1 aromatic carbocycles. The number of rotatable bonds is 4. The number of hydrogen-bond acceptors (Lipinski definition) is 3. The predicted molar refractivity (Wildman–Crippen MR) is 76.2 cm³/mol. The van der Waals surface area contributed by atoms with E-state index in [2.05, 4.69) is 21.6 Å². The van der Waals surface area contributed by atoms with Crippen LogP contribution in [0.2, 0.25) is 0 Å². The van der Waals surface area contributed by atoms with Gasteiger partial charge in [0, 0.05) is 25.2 Å². The van der Waals surface area contributed by atoms with Crippen LogP contribution in [0, 0.1) is 0 Å². The standard InChI is InChI=1S/C15H21N3O/c19-15(16-7-10-18-8-3-4-9-18)14-11-12-5-1-2-6-13(12)17-14/h1-2,5-6,14,17H,3-4,7-11H2,(H,16,19). The summed E-state index contributed by atoms with van der Waals surface area (Å²) >= 11 is 0. The third-order valence-electron chi connectivity index (χ3n) is 4.01. The molecule has 19 heavy (non-hydrogen) atoms. The third kappa shape index (κ3) is 2.89. The van der Waals surface area contributed by atoms with Crippen LogP contribution in [0.25, 0.3) is 0 Å². The maximum absolute atomic E-state index is 12.1. The van der Waals surface area contributed by atoms with Crippen molar-refractivity contribution in [1.82, 2.24) is 10.2 Å². The SMILES string of the molecule is O=C(NCCN1CCCC1)C1Cc2ccccc2N1. The number of nitrogens with one attached hydrogen (secondary N) is 2. The van der Waals surface area contributed by atoms with Gasteiger partial charge in [-0.15, -0.1) is 0 Å². The van der Waals surface area contributed by atoms with Gasteiger partial charge in [0.25, 0.3) is 0 Å². The Balaban J connectivity index is 1.44. The minimum atomic E-state index is -0.101. The second kappa shape index (κ2) is 5.61. The molecule has 0 saturated carbocycles. The molecular formula is C15H21N3O. The first-order chi connectivity index (χ1) is 9.33. The first-order valence-corrected chi connectivity index (χ1v) is 7.17. The minimum absolute atomic E-state index is 0.101. The number of hydrogen-bond donors (Lipinski definition) is 2. The Morgan fingerprint density at radius 2 is 2.11 bits per heavy atom. The van der Waals surface area contributed by atoms with Crippen LogP contribution in [0.1, 0.15) is 18.4 Å². The van der Waals surface area contributed by atoms with Crippen LogP contribution in [0.5, 0.6) is 0 Å². The van der Waals surface area contributed by atoms with Crippen LogP contribution < -0.4 is 10.6 Å². The molecule has 1 fully saturated rings. The van der Waals surface area contributed by atoms with Gasteiger partial charge in [0.05, 0.1) is 0 Å². The van der Waals surface area contributed by atoms with Gasteiger partial charge in [0.2, 0.25) is 5.91 Å². The van der Waals surface area contributed by atoms with Gasteiger partial charge in [-0.1, -0.05) is 18.2 Å². The molecule has 1 amide bonds. The summed E-state index contributed by atoms with van der Waals surface area (Å²) < 4.78 is 0. The highest BCUT2D eigenvalue weighted by molar-refractivity contribution is 5.87. The summed E-state index contributed by atoms with van der Waals surface area (Å²) in [4.78, 5) is 14.5. The molecule has 0 aromatic heterocycles. The monoisotopic (exact) mass is 259 g/mol. The van der Waals surface area contributed by atoms with Crippen LogP contribution in [0.4, 0.5) is 5.69 Å². The van der Waals surface area contributed by atoms with E-state index in [0.29, 0.717) is 0 Å². The first kappa shape index (κ1) is 12.5. The van der Waals surface area contributed by atoms with Crippen molar-refractivity contribution in [2.24, 2.45) is 0 Å². The van der Waals surface area contributed by atoms with Crippen molar-refractivity contribution in [1.29, 1.82) is 0 Å². The van der Waals surface area contributed by atoms with Crippen LogP contribution in [-0.2, 0) is 11.2 Å². The molecule has 4 heteroatoms. The van der Waals surface area contributed by atoms with Crippen molar-refractivity contribution in [3.63, 3.8) is 0 Å². The van der Waals surface area contributed by atoms with E-state index in [1.807, 2.05) is 18.2 Å². The van der Waals surface area contributed by atoms with Gasteiger partial charge in [0.15, 0.2) is 0 Å². The Morgan fingerprint density at radius 3 is 2.89 bits per heavy atom. The Hall–Kier alpha value is -1.55. The van der Waals surface area contributed by atoms with Crippen LogP contribution >= 0.6 is 0 Å². The normalized spacial score (nSPS) is 22.0. The zero-order valence-electron chi connectivity index (χ0n) is 11.2. The van der Waals surface area contributed by atoms with E-state index in [4.69, 9.17) is 0 Å². The second-order valence-corrected chi connectivity index (χ2v) is 5.40. The van der Waals surface area contributed by atoms with Crippen molar-refractivity contribution in [3.8, 4) is 0 Å². The van der Waals surface area contributed by atoms with Crippen molar-refractivity contribution < 1.29 is 4.79 Å². The molecule has 2 aliphatic heterocycles. The number of benzene rings is 1. The van der Waals surface area contributed by atoms with Crippen LogP contribution in [0.3, 0.4) is 0 Å². The highest BCUT2D eigenvalue weighted by Crippen LogP contribution is 2.24. The Labute approximate surface area is 114 Å². The molecule has 2 heterocycles. The fraction of sp³-hybridized carbons (Fsp3) is 0.533. The number of fused-ring (bicyclic) bond motifs is 1. The summed E-state index contributed by atoms with van der Waals surface area (Å²) in [5.74, 6) is 0.121. The van der Waals surface area contributed by atoms with E-state index in [-0.39, 0.29) is 11.9 Å². The molecule has 1 atom stereocenters. The van der Waals surface area contributed by atoms with Crippen molar-refractivity contribution in [3.05, 3.63) is 29.8 Å². The lowest BCUT2D eigenvalue weighted by Crippen LogP contribution is -2.41. The summed E-state index contributed by atoms with van der Waals surface area (Å²) in [5.41, 5.74) is 2.34. The van der Waals surface area contributed by atoms with Crippen molar-refractivity contribution >= 4 is 11.6 Å². The second-order valence-electron chi connectivity index (χ2n) is 5.40. The number of carbonyl (C=O) groups excluding carboxylic acids is 1. The third-order valence-corrected chi connectivity index (χ3v) is 4.01. The highest BCUT2D eigenvalue weighted by atomic mass is 16.2. The number of amides is 1. The lowest BCUT2D eigenvalue weighted by Gasteiger charge is -2.16. The average molecular weight is 259 g/mol. The molecule has 0 radical (unpaired) electrons. The maximum atomic E-state index is 12.1. The van der Waals surface area contributed by atoms with Crippen LogP contribution in [-0.4, -0.2) is 43.0 Å². The Morgan fingerprint density at radius 1 is 1.32 bits per heavy atom. The van der Waals surface area contributed by atoms with Gasteiger partial charge in [-0.3, -0.25) is 4.79 Å². The van der Waals surface area contributed by atoms with Gasteiger partial charge in [-0.2, -0.15) is 0 Å². The molecule has 0 aliphatic carbocycles. The number of likely N-dealkylation sites (tertiary alicyclic amines) is 1. The summed E-state index contributed by atoms with van der Waals surface area (Å²) in [5, 5.41) is 6.33. The molecule has 102 valence electrons. The molecule has 2 aliphatic rings. The topological polar surface area (TPSA) is 44.4 Å². The van der Waals surface area contributed by atoms with Crippen molar-refractivity contribution in [2.75, 3.05) is 31.5 Å². The average Bonchev–Trinajstić information content (AvgIpc) is 3.07. The number of carbonyl (C=O) groups is 1. The molecule has 2 N–H and O–H groups in total. The molecule has 1 unspecified atom stereocenters. The Kier molecular flexibility index (Phi) is 3.69. The summed E-state index contributed by atoms with van der Waals surface area (Å²) in [6.45, 7) is 4.10. The summed E-state index contributed by atoms with van der Waals surface area (Å²) in [7, 11) is 0. The number of anilines is 1. The quantitative estimate of drug-likeness (QED) is 0.855. The molecule has 3 rings (SSSR count). The summed E-state index contributed by atoms with van der Waals surface area (Å²) in [6, 6.07) is 8.04. The van der Waals surface area contributed by atoms with Gasteiger partial charge >= 0.3 is 0 Å². The molecular weight excluding hydrogens is 238 g/mol. The smallest absolute Gasteiger partial charge is 0.242 e. The number of nitrogens with zero attached hydrogens (tertiary/aromatic N) is 1. The zero-order chi connectivity index (χ0) is 13.1. The first-order valence-electron chi connectivity index (χ1n) is 7.17. The largest absolute Gasteiger partial charge is 0.373 e. The molecule has 0 bridgehead atoms. The predicted octanol–water partition coefficient (Wildman–Crippen LogP) is 1.24. The van der Waals surface area contributed by atoms with E-state index < -0.39 is 0 Å². The lowest BCUT2D eigenvalue weighted by atomic mass is 10.1. The fourth-order valence-electron chi connectivity index (χ4n) is 2.92. The van der Waals surface area contributed by atoms with Crippen molar-refractivity contribution in [2.45, 2.75) is 25.3 Å². The highest BCUT2D eigenvalue weighted by Gasteiger charge is 2.25. The van der Waals surface area contributed by atoms with E-state index in [1.54, 1.807) is 0 Å². The van der Waals surface area contributed by atoms with Gasteiger partial charge in [-0.25, -0.2) is 0 Å². The summed E-state index contributed by atoms with van der Waals surface area (Å²) in [6.07, 6.45) is 3.40.